The Morgan fingerprint density at radius 2 is 1.79 bits per heavy atom. The molecule has 14 heavy (non-hydrogen) atoms. The van der Waals surface area contributed by atoms with E-state index in [9.17, 15) is 9.59 Å². The van der Waals surface area contributed by atoms with Crippen LogP contribution in [0.2, 0.25) is 0 Å². The summed E-state index contributed by atoms with van der Waals surface area (Å²) in [4.78, 5) is 24.7. The van der Waals surface area contributed by atoms with Gasteiger partial charge in [-0.05, 0) is 13.5 Å². The molecule has 2 fully saturated rings. The third kappa shape index (κ3) is 3.46. The summed E-state index contributed by atoms with van der Waals surface area (Å²) < 4.78 is 0. The lowest BCUT2D eigenvalue weighted by Crippen LogP contribution is -2.17. The van der Waals surface area contributed by atoms with E-state index >= 15 is 0 Å². The molecule has 1 amide bonds. The van der Waals surface area contributed by atoms with Crippen molar-refractivity contribution in [1.29, 1.82) is 0 Å². The summed E-state index contributed by atoms with van der Waals surface area (Å²) in [5.41, 5.74) is 0. The second-order valence-electron chi connectivity index (χ2n) is 3.95. The minimum atomic E-state index is 0.292. The molecule has 0 unspecified atom stereocenters. The largest absolute Gasteiger partial charge is 0.346 e. The maximum Gasteiger partial charge on any atom is 0.222 e. The van der Waals surface area contributed by atoms with E-state index in [0.717, 1.165) is 32.4 Å². The standard InChI is InChI=1S/2C5H9NO/c1-6-3-2-5(7)4-6;1-6-4-2-3-5(6)7/h2*2-4H2,1H3. The van der Waals surface area contributed by atoms with E-state index in [2.05, 4.69) is 0 Å². The van der Waals surface area contributed by atoms with Crippen molar-refractivity contribution in [2.24, 2.45) is 0 Å². The van der Waals surface area contributed by atoms with Gasteiger partial charge in [-0.15, -0.1) is 0 Å². The maximum atomic E-state index is 10.5. The van der Waals surface area contributed by atoms with Crippen molar-refractivity contribution in [3.8, 4) is 0 Å². The second-order valence-corrected chi connectivity index (χ2v) is 3.95. The Hall–Kier alpha value is -0.900. The fraction of sp³-hybridized carbons (Fsp3) is 0.800. The Labute approximate surface area is 84.9 Å². The average Bonchev–Trinajstić information content (AvgIpc) is 2.65. The highest BCUT2D eigenvalue weighted by Crippen LogP contribution is 2.04. The first-order valence-electron chi connectivity index (χ1n) is 5.04. The summed E-state index contributed by atoms with van der Waals surface area (Å²) in [7, 11) is 3.81. The zero-order chi connectivity index (χ0) is 10.6. The maximum absolute atomic E-state index is 10.5. The van der Waals surface area contributed by atoms with Gasteiger partial charge in [0, 0.05) is 33.0 Å². The van der Waals surface area contributed by atoms with Gasteiger partial charge in [0.15, 0.2) is 0 Å². The highest BCUT2D eigenvalue weighted by atomic mass is 16.2. The van der Waals surface area contributed by atoms with Crippen LogP contribution in [0.4, 0.5) is 0 Å². The zero-order valence-corrected chi connectivity index (χ0v) is 8.95. The zero-order valence-electron chi connectivity index (χ0n) is 8.95. The lowest BCUT2D eigenvalue weighted by molar-refractivity contribution is -0.126. The smallest absolute Gasteiger partial charge is 0.222 e. The first-order valence-corrected chi connectivity index (χ1v) is 5.04. The molecule has 2 aliphatic rings. The van der Waals surface area contributed by atoms with Crippen molar-refractivity contribution in [3.63, 3.8) is 0 Å². The highest BCUT2D eigenvalue weighted by Gasteiger charge is 2.14. The fourth-order valence-electron chi connectivity index (χ4n) is 1.56. The monoisotopic (exact) mass is 198 g/mol. The molecule has 4 heteroatoms. The molecule has 0 saturated carbocycles. The van der Waals surface area contributed by atoms with Gasteiger partial charge in [-0.25, -0.2) is 0 Å². The second kappa shape index (κ2) is 5.10. The molecule has 80 valence electrons. The van der Waals surface area contributed by atoms with Gasteiger partial charge >= 0.3 is 0 Å². The van der Waals surface area contributed by atoms with Crippen molar-refractivity contribution < 1.29 is 9.59 Å². The number of amides is 1. The van der Waals surface area contributed by atoms with E-state index < -0.39 is 0 Å². The molecule has 0 N–H and O–H groups in total. The predicted octanol–water partition coefficient (Wildman–Crippen LogP) is 0.130. The summed E-state index contributed by atoms with van der Waals surface area (Å²) in [6.07, 6.45) is 2.57. The van der Waals surface area contributed by atoms with Crippen LogP contribution in [0.1, 0.15) is 19.3 Å². The van der Waals surface area contributed by atoms with Crippen LogP contribution < -0.4 is 0 Å². The van der Waals surface area contributed by atoms with Crippen LogP contribution in [0.25, 0.3) is 0 Å². The number of hydrogen-bond donors (Lipinski definition) is 0. The molecule has 0 bridgehead atoms. The number of ketones is 1. The van der Waals surface area contributed by atoms with Gasteiger partial charge in [-0.1, -0.05) is 0 Å². The molecule has 0 aromatic rings. The number of likely N-dealkylation sites (tertiary alicyclic amines) is 2. The molecule has 0 spiro atoms. The lowest BCUT2D eigenvalue weighted by atomic mass is 10.4. The van der Waals surface area contributed by atoms with Crippen LogP contribution in [0.3, 0.4) is 0 Å². The van der Waals surface area contributed by atoms with Crippen LogP contribution in [-0.4, -0.2) is 55.2 Å². The average molecular weight is 198 g/mol. The number of hydrogen-bond acceptors (Lipinski definition) is 3. The number of carbonyl (C=O) groups is 2. The van der Waals surface area contributed by atoms with Crippen LogP contribution >= 0.6 is 0 Å². The normalized spacial score (nSPS) is 22.6. The Balaban J connectivity index is 0.000000140. The minimum absolute atomic E-state index is 0.292. The Morgan fingerprint density at radius 1 is 1.07 bits per heavy atom. The van der Waals surface area contributed by atoms with Crippen LogP contribution in [0.15, 0.2) is 0 Å². The fourth-order valence-corrected chi connectivity index (χ4v) is 1.56. The van der Waals surface area contributed by atoms with Gasteiger partial charge in [-0.2, -0.15) is 0 Å². The topological polar surface area (TPSA) is 40.6 Å². The first-order chi connectivity index (χ1) is 6.59. The van der Waals surface area contributed by atoms with Gasteiger partial charge in [0.25, 0.3) is 0 Å². The molecule has 2 aliphatic heterocycles. The van der Waals surface area contributed by atoms with Gasteiger partial charge in [-0.3, -0.25) is 14.5 Å². The summed E-state index contributed by atoms with van der Waals surface area (Å²) in [5.74, 6) is 0.669. The quantitative estimate of drug-likeness (QED) is 0.555. The summed E-state index contributed by atoms with van der Waals surface area (Å²) in [6, 6.07) is 0. The molecule has 4 nitrogen and oxygen atoms in total. The molecule has 2 saturated heterocycles. The predicted molar refractivity (Wildman–Crippen MR) is 54.0 cm³/mol. The van der Waals surface area contributed by atoms with E-state index in [1.54, 1.807) is 4.90 Å². The third-order valence-electron chi connectivity index (χ3n) is 2.53. The molecule has 0 atom stereocenters. The van der Waals surface area contributed by atoms with E-state index in [4.69, 9.17) is 0 Å². The summed E-state index contributed by atoms with van der Waals surface area (Å²) in [5, 5.41) is 0. The SMILES string of the molecule is CN1CCC(=O)C1.CN1CCCC1=O. The van der Waals surface area contributed by atoms with Crippen molar-refractivity contribution in [2.75, 3.05) is 33.7 Å². The molecule has 0 aromatic carbocycles. The number of carbonyl (C=O) groups excluding carboxylic acids is 2. The first kappa shape index (κ1) is 11.2. The Morgan fingerprint density at radius 3 is 1.93 bits per heavy atom. The highest BCUT2D eigenvalue weighted by molar-refractivity contribution is 5.82. The molecule has 0 aromatic heterocycles. The van der Waals surface area contributed by atoms with Gasteiger partial charge in [0.05, 0.1) is 6.54 Å². The molecule has 2 rings (SSSR count). The molecule has 0 radical (unpaired) electrons. The van der Waals surface area contributed by atoms with E-state index in [0.29, 0.717) is 18.2 Å². The van der Waals surface area contributed by atoms with E-state index in [-0.39, 0.29) is 0 Å². The Kier molecular flexibility index (Phi) is 4.07. The van der Waals surface area contributed by atoms with Crippen molar-refractivity contribution in [3.05, 3.63) is 0 Å². The number of Topliss-reactive ketones (excluding diaryl/α,β-unsaturated/α-hetero) is 1. The van der Waals surface area contributed by atoms with Crippen LogP contribution in [0.5, 0.6) is 0 Å². The number of nitrogens with zero attached hydrogens (tertiary/aromatic N) is 2. The minimum Gasteiger partial charge on any atom is -0.346 e. The molecule has 0 aliphatic carbocycles. The molecular formula is C10H18N2O2. The van der Waals surface area contributed by atoms with Crippen molar-refractivity contribution in [1.82, 2.24) is 9.80 Å². The summed E-state index contributed by atoms with van der Waals surface area (Å²) in [6.45, 7) is 2.58. The van der Waals surface area contributed by atoms with Crippen molar-refractivity contribution >= 4 is 11.7 Å². The van der Waals surface area contributed by atoms with Gasteiger partial charge in [0.2, 0.25) is 5.91 Å². The van der Waals surface area contributed by atoms with Crippen molar-refractivity contribution in [2.45, 2.75) is 19.3 Å². The molecule has 2 heterocycles. The number of likely N-dealkylation sites (N-methyl/N-ethyl adjacent to an activating group) is 1. The molecular weight excluding hydrogens is 180 g/mol. The van der Waals surface area contributed by atoms with E-state index in [1.165, 1.54) is 0 Å². The van der Waals surface area contributed by atoms with Gasteiger partial charge < -0.3 is 4.90 Å². The van der Waals surface area contributed by atoms with Gasteiger partial charge in [0.1, 0.15) is 5.78 Å². The van der Waals surface area contributed by atoms with Crippen LogP contribution in [0, 0.1) is 0 Å². The lowest BCUT2D eigenvalue weighted by Gasteiger charge is -2.03. The Bertz CT molecular complexity index is 228. The third-order valence-corrected chi connectivity index (χ3v) is 2.53. The van der Waals surface area contributed by atoms with Crippen LogP contribution in [-0.2, 0) is 9.59 Å². The summed E-state index contributed by atoms with van der Waals surface area (Å²) >= 11 is 0. The number of rotatable bonds is 0. The van der Waals surface area contributed by atoms with E-state index in [1.807, 2.05) is 19.0 Å².